The Morgan fingerprint density at radius 3 is 2.62 bits per heavy atom. The minimum atomic E-state index is 0.0441. The maximum absolute atomic E-state index is 6.07. The quantitative estimate of drug-likeness (QED) is 0.490. The zero-order valence-electron chi connectivity index (χ0n) is 12.8. The van der Waals surface area contributed by atoms with Crippen molar-refractivity contribution in [3.8, 4) is 11.1 Å². The number of pyridine rings is 1. The Morgan fingerprint density at radius 2 is 1.75 bits per heavy atom. The van der Waals surface area contributed by atoms with Crippen molar-refractivity contribution in [2.75, 3.05) is 5.32 Å². The second kappa shape index (κ2) is 5.11. The molecule has 1 aliphatic heterocycles. The van der Waals surface area contributed by atoms with E-state index in [9.17, 15) is 0 Å². The predicted octanol–water partition coefficient (Wildman–Crippen LogP) is 5.40. The number of hydrogen-bond acceptors (Lipinski definition) is 2. The Kier molecular flexibility index (Phi) is 2.91. The van der Waals surface area contributed by atoms with E-state index in [0.717, 1.165) is 16.4 Å². The van der Waals surface area contributed by atoms with Crippen LogP contribution in [0.4, 0.5) is 5.69 Å². The maximum Gasteiger partial charge on any atom is 0.138 e. The molecule has 0 spiro atoms. The van der Waals surface area contributed by atoms with E-state index in [1.807, 2.05) is 18.3 Å². The lowest BCUT2D eigenvalue weighted by Gasteiger charge is -2.19. The number of H-pyrrole nitrogens is 1. The molecule has 3 heterocycles. The first kappa shape index (κ1) is 13.6. The smallest absolute Gasteiger partial charge is 0.138 e. The number of fused-ring (bicyclic) bond motifs is 2. The van der Waals surface area contributed by atoms with Crippen LogP contribution in [0.3, 0.4) is 0 Å². The molecular formula is C20H14ClN3. The molecule has 1 atom stereocenters. The van der Waals surface area contributed by atoms with Crippen LogP contribution in [0.2, 0.25) is 5.02 Å². The van der Waals surface area contributed by atoms with Crippen molar-refractivity contribution in [1.82, 2.24) is 9.97 Å². The molecule has 1 aliphatic rings. The van der Waals surface area contributed by atoms with Crippen molar-refractivity contribution in [3.05, 3.63) is 83.1 Å². The van der Waals surface area contributed by atoms with Gasteiger partial charge < -0.3 is 10.3 Å². The number of aromatic nitrogens is 2. The fourth-order valence-corrected chi connectivity index (χ4v) is 3.66. The maximum atomic E-state index is 6.07. The molecule has 0 aliphatic carbocycles. The van der Waals surface area contributed by atoms with Crippen LogP contribution in [-0.2, 0) is 0 Å². The molecule has 3 nitrogen and oxygen atoms in total. The van der Waals surface area contributed by atoms with Crippen molar-refractivity contribution >= 4 is 28.3 Å². The lowest BCUT2D eigenvalue weighted by atomic mass is 9.97. The van der Waals surface area contributed by atoms with E-state index in [1.54, 1.807) is 0 Å². The van der Waals surface area contributed by atoms with E-state index in [0.29, 0.717) is 0 Å². The lowest BCUT2D eigenvalue weighted by Crippen LogP contribution is -2.11. The zero-order valence-corrected chi connectivity index (χ0v) is 13.5. The van der Waals surface area contributed by atoms with Crippen LogP contribution in [0.15, 0.2) is 67.0 Å². The number of rotatable bonds is 1. The number of anilines is 1. The van der Waals surface area contributed by atoms with Crippen LogP contribution in [0.25, 0.3) is 22.2 Å². The first-order chi connectivity index (χ1) is 11.8. The van der Waals surface area contributed by atoms with Crippen LogP contribution in [0.5, 0.6) is 0 Å². The second-order valence-corrected chi connectivity index (χ2v) is 6.44. The Balaban J connectivity index is 1.83. The summed E-state index contributed by atoms with van der Waals surface area (Å²) in [5.41, 5.74) is 6.82. The topological polar surface area (TPSA) is 40.7 Å². The Hall–Kier alpha value is -2.78. The third-order valence-corrected chi connectivity index (χ3v) is 4.89. The summed E-state index contributed by atoms with van der Waals surface area (Å²) in [5.74, 6) is 0. The molecule has 0 fully saturated rings. The van der Waals surface area contributed by atoms with E-state index < -0.39 is 0 Å². The molecule has 4 aromatic rings. The van der Waals surface area contributed by atoms with Gasteiger partial charge in [-0.2, -0.15) is 0 Å². The molecule has 4 heteroatoms. The SMILES string of the molecule is Clc1ccc(C2Nc3ccccc3-c3ccnc4[nH]cc2c34)cc1. The van der Waals surface area contributed by atoms with Gasteiger partial charge in [0.05, 0.1) is 6.04 Å². The average molecular weight is 332 g/mol. The molecule has 2 aromatic heterocycles. The van der Waals surface area contributed by atoms with Crippen molar-refractivity contribution in [2.45, 2.75) is 6.04 Å². The highest BCUT2D eigenvalue weighted by molar-refractivity contribution is 6.30. The summed E-state index contributed by atoms with van der Waals surface area (Å²) < 4.78 is 0. The standard InChI is InChI=1S/C20H14ClN3/c21-13-7-5-12(6-8-13)19-16-11-23-20-18(16)15(9-10-22-20)14-3-1-2-4-17(14)24-19/h1-11,19,24H,(H,22,23). The number of aromatic amines is 1. The molecule has 2 aromatic carbocycles. The number of nitrogens with zero attached hydrogens (tertiary/aromatic N) is 1. The third kappa shape index (κ3) is 1.95. The zero-order chi connectivity index (χ0) is 16.1. The van der Waals surface area contributed by atoms with Crippen LogP contribution in [0, 0.1) is 0 Å². The highest BCUT2D eigenvalue weighted by atomic mass is 35.5. The van der Waals surface area contributed by atoms with Gasteiger partial charge in [-0.25, -0.2) is 4.98 Å². The lowest BCUT2D eigenvalue weighted by molar-refractivity contribution is 0.953. The summed E-state index contributed by atoms with van der Waals surface area (Å²) in [5, 5.41) is 5.62. The Bertz CT molecular complexity index is 1050. The second-order valence-electron chi connectivity index (χ2n) is 6.00. The molecule has 0 amide bonds. The molecular weight excluding hydrogens is 318 g/mol. The highest BCUT2D eigenvalue weighted by Gasteiger charge is 2.25. The van der Waals surface area contributed by atoms with Crippen LogP contribution < -0.4 is 5.32 Å². The predicted molar refractivity (Wildman–Crippen MR) is 98.4 cm³/mol. The van der Waals surface area contributed by atoms with E-state index in [2.05, 4.69) is 63.9 Å². The van der Waals surface area contributed by atoms with E-state index >= 15 is 0 Å². The van der Waals surface area contributed by atoms with Crippen molar-refractivity contribution in [3.63, 3.8) is 0 Å². The summed E-state index contributed by atoms with van der Waals surface area (Å²) in [6, 6.07) is 18.6. The van der Waals surface area contributed by atoms with Crippen LogP contribution in [-0.4, -0.2) is 9.97 Å². The van der Waals surface area contributed by atoms with Crippen molar-refractivity contribution < 1.29 is 0 Å². The first-order valence-corrected chi connectivity index (χ1v) is 8.26. The fraction of sp³-hybridized carbons (Fsp3) is 0.0500. The number of para-hydroxylation sites is 1. The van der Waals surface area contributed by atoms with Crippen molar-refractivity contribution in [2.24, 2.45) is 0 Å². The monoisotopic (exact) mass is 331 g/mol. The molecule has 0 saturated carbocycles. The third-order valence-electron chi connectivity index (χ3n) is 4.64. The normalized spacial score (nSPS) is 15.6. The number of benzene rings is 2. The number of nitrogens with one attached hydrogen (secondary N) is 2. The van der Waals surface area contributed by atoms with E-state index in [-0.39, 0.29) is 6.04 Å². The summed E-state index contributed by atoms with van der Waals surface area (Å²) in [4.78, 5) is 7.81. The van der Waals surface area contributed by atoms with Gasteiger partial charge in [0, 0.05) is 39.6 Å². The fourth-order valence-electron chi connectivity index (χ4n) is 3.53. The summed E-state index contributed by atoms with van der Waals surface area (Å²) in [6.07, 6.45) is 3.91. The Morgan fingerprint density at radius 1 is 0.917 bits per heavy atom. The molecule has 5 rings (SSSR count). The highest BCUT2D eigenvalue weighted by Crippen LogP contribution is 2.43. The number of halogens is 1. The van der Waals surface area contributed by atoms with Crippen molar-refractivity contribution in [1.29, 1.82) is 0 Å². The molecule has 0 bridgehead atoms. The molecule has 24 heavy (non-hydrogen) atoms. The largest absolute Gasteiger partial charge is 0.374 e. The molecule has 0 saturated heterocycles. The molecule has 116 valence electrons. The van der Waals surface area contributed by atoms with Gasteiger partial charge in [0.1, 0.15) is 5.65 Å². The average Bonchev–Trinajstić information content (AvgIpc) is 2.98. The van der Waals surface area contributed by atoms with Gasteiger partial charge in [0.2, 0.25) is 0 Å². The van der Waals surface area contributed by atoms with E-state index in [1.165, 1.54) is 27.6 Å². The summed E-state index contributed by atoms with van der Waals surface area (Å²) >= 11 is 6.07. The minimum absolute atomic E-state index is 0.0441. The number of hydrogen-bond donors (Lipinski definition) is 2. The van der Waals surface area contributed by atoms with Crippen LogP contribution >= 0.6 is 11.6 Å². The van der Waals surface area contributed by atoms with Gasteiger partial charge >= 0.3 is 0 Å². The van der Waals surface area contributed by atoms with Gasteiger partial charge in [0.25, 0.3) is 0 Å². The first-order valence-electron chi connectivity index (χ1n) is 7.88. The van der Waals surface area contributed by atoms with Gasteiger partial charge in [-0.3, -0.25) is 0 Å². The van der Waals surface area contributed by atoms with E-state index in [4.69, 9.17) is 11.6 Å². The molecule has 1 unspecified atom stereocenters. The van der Waals surface area contributed by atoms with Crippen LogP contribution in [0.1, 0.15) is 17.2 Å². The van der Waals surface area contributed by atoms with Gasteiger partial charge in [-0.1, -0.05) is 41.9 Å². The Labute approximate surface area is 144 Å². The molecule has 2 N–H and O–H groups in total. The minimum Gasteiger partial charge on any atom is -0.374 e. The van der Waals surface area contributed by atoms with Gasteiger partial charge in [-0.15, -0.1) is 0 Å². The molecule has 0 radical (unpaired) electrons. The van der Waals surface area contributed by atoms with Gasteiger partial charge in [-0.05, 0) is 35.4 Å². The summed E-state index contributed by atoms with van der Waals surface area (Å²) in [7, 11) is 0. The summed E-state index contributed by atoms with van der Waals surface area (Å²) in [6.45, 7) is 0. The van der Waals surface area contributed by atoms with Gasteiger partial charge in [0.15, 0.2) is 0 Å².